The number of nitrogens with one attached hydrogen (secondary N) is 1. The van der Waals surface area contributed by atoms with E-state index in [2.05, 4.69) is 72.0 Å². The standard InChI is InChI=1S/C29H40FN3/c1-5-7-13-29(28(31-4)22-24-14-16-25(30)17-15-24)32-20-18-27(19-21-32)33(23(3)6-2)26-11-9-8-10-12-26/h8-17,27-28,31H,3,5-7,18-22H2,1-2,4H3/b29-13+. The van der Waals surface area contributed by atoms with Crippen LogP contribution in [0.25, 0.3) is 0 Å². The van der Waals surface area contributed by atoms with Gasteiger partial charge in [-0.2, -0.15) is 0 Å². The van der Waals surface area contributed by atoms with Gasteiger partial charge in [-0.25, -0.2) is 4.39 Å². The molecule has 1 N–H and O–H groups in total. The maximum absolute atomic E-state index is 13.4. The van der Waals surface area contributed by atoms with Crippen molar-refractivity contribution in [3.8, 4) is 0 Å². The molecule has 2 aromatic rings. The predicted octanol–water partition coefficient (Wildman–Crippen LogP) is 6.53. The number of para-hydroxylation sites is 1. The zero-order valence-electron chi connectivity index (χ0n) is 20.6. The van der Waals surface area contributed by atoms with Crippen molar-refractivity contribution in [3.05, 3.63) is 90.0 Å². The number of halogens is 1. The first kappa shape index (κ1) is 25.0. The second kappa shape index (κ2) is 12.6. The van der Waals surface area contributed by atoms with E-state index in [1.165, 1.54) is 17.1 Å². The summed E-state index contributed by atoms with van der Waals surface area (Å²) in [5.74, 6) is -0.180. The van der Waals surface area contributed by atoms with Crippen LogP contribution < -0.4 is 10.2 Å². The molecule has 3 nitrogen and oxygen atoms in total. The minimum atomic E-state index is -0.180. The Balaban J connectivity index is 1.74. The smallest absolute Gasteiger partial charge is 0.123 e. The van der Waals surface area contributed by atoms with E-state index < -0.39 is 0 Å². The maximum Gasteiger partial charge on any atom is 0.123 e. The Hall–Kier alpha value is -2.59. The van der Waals surface area contributed by atoms with Crippen molar-refractivity contribution in [2.24, 2.45) is 0 Å². The quantitative estimate of drug-likeness (QED) is 0.420. The van der Waals surface area contributed by atoms with Crippen LogP contribution in [-0.4, -0.2) is 37.1 Å². The van der Waals surface area contributed by atoms with Crippen LogP contribution in [-0.2, 0) is 6.42 Å². The third-order valence-corrected chi connectivity index (χ3v) is 6.68. The van der Waals surface area contributed by atoms with Crippen LogP contribution in [0.4, 0.5) is 10.1 Å². The summed E-state index contributed by atoms with van der Waals surface area (Å²) >= 11 is 0. The van der Waals surface area contributed by atoms with E-state index in [4.69, 9.17) is 0 Å². The van der Waals surface area contributed by atoms with Crippen molar-refractivity contribution in [2.45, 2.75) is 64.5 Å². The van der Waals surface area contributed by atoms with Crippen LogP contribution in [0.3, 0.4) is 0 Å². The number of hydrogen-bond donors (Lipinski definition) is 1. The first-order chi connectivity index (χ1) is 16.1. The van der Waals surface area contributed by atoms with Gasteiger partial charge in [0, 0.05) is 36.2 Å². The van der Waals surface area contributed by atoms with Gasteiger partial charge in [0.05, 0.1) is 6.04 Å². The molecule has 1 unspecified atom stereocenters. The Labute approximate surface area is 200 Å². The molecule has 0 amide bonds. The Morgan fingerprint density at radius 1 is 1.12 bits per heavy atom. The SMILES string of the molecule is C=C(CC)N(c1ccccc1)C1CCN(/C(=C/CCC)C(Cc2ccc(F)cc2)NC)CC1. The molecule has 0 bridgehead atoms. The lowest BCUT2D eigenvalue weighted by Crippen LogP contribution is -2.47. The van der Waals surface area contributed by atoms with E-state index in [-0.39, 0.29) is 11.9 Å². The molecule has 178 valence electrons. The molecule has 1 heterocycles. The van der Waals surface area contributed by atoms with E-state index in [0.29, 0.717) is 6.04 Å². The minimum absolute atomic E-state index is 0.180. The number of anilines is 1. The Kier molecular flexibility index (Phi) is 9.56. The number of likely N-dealkylation sites (tertiary alicyclic amines) is 1. The second-order valence-electron chi connectivity index (χ2n) is 8.93. The first-order valence-corrected chi connectivity index (χ1v) is 12.5. The van der Waals surface area contributed by atoms with Gasteiger partial charge in [0.15, 0.2) is 0 Å². The molecule has 0 radical (unpaired) electrons. The fourth-order valence-electron chi connectivity index (χ4n) is 4.79. The number of benzene rings is 2. The van der Waals surface area contributed by atoms with Crippen molar-refractivity contribution in [1.82, 2.24) is 10.2 Å². The summed E-state index contributed by atoms with van der Waals surface area (Å²) in [5.41, 5.74) is 4.96. The van der Waals surface area contributed by atoms with Crippen molar-refractivity contribution in [1.29, 1.82) is 0 Å². The summed E-state index contributed by atoms with van der Waals surface area (Å²) in [6.07, 6.45) is 8.62. The molecule has 33 heavy (non-hydrogen) atoms. The highest BCUT2D eigenvalue weighted by molar-refractivity contribution is 5.52. The molecule has 0 spiro atoms. The van der Waals surface area contributed by atoms with Crippen LogP contribution in [0, 0.1) is 5.82 Å². The number of likely N-dealkylation sites (N-methyl/N-ethyl adjacent to an activating group) is 1. The molecule has 4 heteroatoms. The van der Waals surface area contributed by atoms with Gasteiger partial charge in [-0.15, -0.1) is 0 Å². The van der Waals surface area contributed by atoms with Gasteiger partial charge in [-0.3, -0.25) is 0 Å². The lowest BCUT2D eigenvalue weighted by atomic mass is 9.96. The Morgan fingerprint density at radius 2 is 1.79 bits per heavy atom. The molecular formula is C29H40FN3. The molecule has 0 saturated carbocycles. The van der Waals surface area contributed by atoms with Gasteiger partial charge in [0.25, 0.3) is 0 Å². The molecule has 1 atom stereocenters. The van der Waals surface area contributed by atoms with Crippen LogP contribution in [0.2, 0.25) is 0 Å². The number of hydrogen-bond acceptors (Lipinski definition) is 3. The van der Waals surface area contributed by atoms with Crippen molar-refractivity contribution in [2.75, 3.05) is 25.0 Å². The summed E-state index contributed by atoms with van der Waals surface area (Å²) < 4.78 is 13.4. The molecule has 0 aromatic heterocycles. The van der Waals surface area contributed by atoms with E-state index in [9.17, 15) is 4.39 Å². The summed E-state index contributed by atoms with van der Waals surface area (Å²) in [4.78, 5) is 5.02. The average molecular weight is 450 g/mol. The Morgan fingerprint density at radius 3 is 2.36 bits per heavy atom. The van der Waals surface area contributed by atoms with Gasteiger partial charge in [0.2, 0.25) is 0 Å². The molecular weight excluding hydrogens is 409 g/mol. The van der Waals surface area contributed by atoms with E-state index in [1.807, 2.05) is 19.2 Å². The van der Waals surface area contributed by atoms with Crippen molar-refractivity contribution in [3.63, 3.8) is 0 Å². The van der Waals surface area contributed by atoms with Crippen LogP contribution in [0.1, 0.15) is 51.5 Å². The zero-order chi connectivity index (χ0) is 23.6. The maximum atomic E-state index is 13.4. The highest BCUT2D eigenvalue weighted by Gasteiger charge is 2.29. The van der Waals surface area contributed by atoms with Crippen molar-refractivity contribution >= 4 is 5.69 Å². The van der Waals surface area contributed by atoms with Gasteiger partial charge < -0.3 is 15.1 Å². The predicted molar refractivity (Wildman–Crippen MR) is 139 cm³/mol. The monoisotopic (exact) mass is 449 g/mol. The van der Waals surface area contributed by atoms with Gasteiger partial charge in [0.1, 0.15) is 5.82 Å². The van der Waals surface area contributed by atoms with E-state index in [1.54, 1.807) is 12.1 Å². The lowest BCUT2D eigenvalue weighted by molar-refractivity contribution is 0.241. The average Bonchev–Trinajstić information content (AvgIpc) is 2.86. The normalized spacial score (nSPS) is 16.0. The molecule has 3 rings (SSSR count). The molecule has 1 aliphatic rings. The first-order valence-electron chi connectivity index (χ1n) is 12.5. The van der Waals surface area contributed by atoms with Crippen LogP contribution >= 0.6 is 0 Å². The van der Waals surface area contributed by atoms with Crippen LogP contribution in [0.5, 0.6) is 0 Å². The third kappa shape index (κ3) is 6.70. The number of allylic oxidation sites excluding steroid dienone is 2. The third-order valence-electron chi connectivity index (χ3n) is 6.68. The number of nitrogens with zero attached hydrogens (tertiary/aromatic N) is 2. The van der Waals surface area contributed by atoms with E-state index >= 15 is 0 Å². The highest BCUT2D eigenvalue weighted by Crippen LogP contribution is 2.30. The van der Waals surface area contributed by atoms with Crippen LogP contribution in [0.15, 0.2) is 78.6 Å². The van der Waals surface area contributed by atoms with Gasteiger partial charge in [-0.05, 0) is 69.0 Å². The highest BCUT2D eigenvalue weighted by atomic mass is 19.1. The molecule has 1 fully saturated rings. The molecule has 1 aliphatic heterocycles. The summed E-state index contributed by atoms with van der Waals surface area (Å²) in [6.45, 7) is 10.8. The fraction of sp³-hybridized carbons (Fsp3) is 0.448. The summed E-state index contributed by atoms with van der Waals surface area (Å²) in [5, 5.41) is 3.53. The minimum Gasteiger partial charge on any atom is -0.374 e. The van der Waals surface area contributed by atoms with E-state index in [0.717, 1.165) is 57.2 Å². The second-order valence-corrected chi connectivity index (χ2v) is 8.93. The van der Waals surface area contributed by atoms with Gasteiger partial charge in [-0.1, -0.05) is 63.3 Å². The van der Waals surface area contributed by atoms with Gasteiger partial charge >= 0.3 is 0 Å². The number of unbranched alkanes of at least 4 members (excludes halogenated alkanes) is 1. The lowest BCUT2D eigenvalue weighted by Gasteiger charge is -2.43. The molecule has 0 aliphatic carbocycles. The Bertz CT molecular complexity index is 883. The fourth-order valence-corrected chi connectivity index (χ4v) is 4.79. The molecule has 2 aromatic carbocycles. The topological polar surface area (TPSA) is 18.5 Å². The largest absolute Gasteiger partial charge is 0.374 e. The summed E-state index contributed by atoms with van der Waals surface area (Å²) in [6, 6.07) is 18.3. The van der Waals surface area contributed by atoms with Crippen molar-refractivity contribution < 1.29 is 4.39 Å². The summed E-state index contributed by atoms with van der Waals surface area (Å²) in [7, 11) is 2.03. The number of rotatable bonds is 11. The zero-order valence-corrected chi connectivity index (χ0v) is 20.6. The number of piperidine rings is 1. The molecule has 1 saturated heterocycles.